The van der Waals surface area contributed by atoms with E-state index in [-0.39, 0.29) is 18.2 Å². The van der Waals surface area contributed by atoms with Gasteiger partial charge in [0.1, 0.15) is 6.10 Å². The molecule has 0 spiro atoms. The molecule has 1 aliphatic heterocycles. The van der Waals surface area contributed by atoms with Crippen LogP contribution in [-0.4, -0.2) is 29.6 Å². The van der Waals surface area contributed by atoms with Gasteiger partial charge in [-0.05, 0) is 13.3 Å². The Morgan fingerprint density at radius 3 is 2.75 bits per heavy atom. The topological polar surface area (TPSA) is 55.8 Å². The number of hydrogen-bond acceptors (Lipinski definition) is 4. The van der Waals surface area contributed by atoms with Crippen LogP contribution in [-0.2, 0) is 14.3 Å². The minimum atomic E-state index is -0.702. The Morgan fingerprint density at radius 1 is 1.58 bits per heavy atom. The van der Waals surface area contributed by atoms with E-state index in [0.29, 0.717) is 12.8 Å². The molecular formula is C8H14O4. The van der Waals surface area contributed by atoms with Crippen LogP contribution in [0.25, 0.3) is 0 Å². The summed E-state index contributed by atoms with van der Waals surface area (Å²) in [6, 6.07) is 0. The molecule has 0 radical (unpaired) electrons. The molecule has 1 aliphatic rings. The van der Waals surface area contributed by atoms with Gasteiger partial charge in [0, 0.05) is 13.3 Å². The van der Waals surface area contributed by atoms with Gasteiger partial charge in [-0.25, -0.2) is 0 Å². The standard InChI is InChI=1S/C8H14O4/c1-5-7(12-6(2)9)3-4-8(10)11-5/h5,7-8,10H,3-4H2,1-2H3/t5-,7+,8-/m0/s1. The third-order valence-corrected chi connectivity index (χ3v) is 1.91. The maximum atomic E-state index is 10.6. The fraction of sp³-hybridized carbons (Fsp3) is 0.875. The first-order valence-electron chi connectivity index (χ1n) is 4.10. The van der Waals surface area contributed by atoms with Gasteiger partial charge in [0.2, 0.25) is 0 Å². The van der Waals surface area contributed by atoms with Gasteiger partial charge in [0.05, 0.1) is 6.10 Å². The van der Waals surface area contributed by atoms with E-state index in [4.69, 9.17) is 14.6 Å². The molecule has 4 nitrogen and oxygen atoms in total. The predicted molar refractivity (Wildman–Crippen MR) is 41.3 cm³/mol. The second-order valence-corrected chi connectivity index (χ2v) is 3.02. The molecule has 4 heteroatoms. The molecule has 12 heavy (non-hydrogen) atoms. The van der Waals surface area contributed by atoms with Gasteiger partial charge in [0.15, 0.2) is 6.29 Å². The van der Waals surface area contributed by atoms with Gasteiger partial charge in [-0.2, -0.15) is 0 Å². The number of rotatable bonds is 1. The van der Waals surface area contributed by atoms with Crippen LogP contribution in [0.15, 0.2) is 0 Å². The van der Waals surface area contributed by atoms with E-state index < -0.39 is 6.29 Å². The van der Waals surface area contributed by atoms with E-state index in [2.05, 4.69) is 0 Å². The van der Waals surface area contributed by atoms with Gasteiger partial charge < -0.3 is 14.6 Å². The second-order valence-electron chi connectivity index (χ2n) is 3.02. The molecule has 0 aromatic heterocycles. The summed E-state index contributed by atoms with van der Waals surface area (Å²) in [5, 5.41) is 9.07. The number of aliphatic hydroxyl groups excluding tert-OH is 1. The van der Waals surface area contributed by atoms with E-state index in [9.17, 15) is 4.79 Å². The van der Waals surface area contributed by atoms with Gasteiger partial charge >= 0.3 is 5.97 Å². The molecule has 70 valence electrons. The lowest BCUT2D eigenvalue weighted by Crippen LogP contribution is -2.39. The summed E-state index contributed by atoms with van der Waals surface area (Å²) < 4.78 is 10.1. The molecule has 0 amide bonds. The summed E-state index contributed by atoms with van der Waals surface area (Å²) in [6.07, 6.45) is 0.0832. The quantitative estimate of drug-likeness (QED) is 0.586. The van der Waals surface area contributed by atoms with Crippen molar-refractivity contribution < 1.29 is 19.4 Å². The number of esters is 1. The average Bonchev–Trinajstić information content (AvgIpc) is 1.94. The normalized spacial score (nSPS) is 36.1. The molecule has 0 aliphatic carbocycles. The highest BCUT2D eigenvalue weighted by Crippen LogP contribution is 2.20. The Morgan fingerprint density at radius 2 is 2.25 bits per heavy atom. The maximum Gasteiger partial charge on any atom is 0.302 e. The van der Waals surface area contributed by atoms with Crippen molar-refractivity contribution in [3.63, 3.8) is 0 Å². The highest BCUT2D eigenvalue weighted by Gasteiger charge is 2.28. The fourth-order valence-corrected chi connectivity index (χ4v) is 1.31. The molecule has 0 unspecified atom stereocenters. The molecule has 0 saturated carbocycles. The van der Waals surface area contributed by atoms with Crippen LogP contribution in [0.1, 0.15) is 26.7 Å². The van der Waals surface area contributed by atoms with Crippen molar-refractivity contribution in [2.45, 2.75) is 45.2 Å². The third-order valence-electron chi connectivity index (χ3n) is 1.91. The minimum Gasteiger partial charge on any atom is -0.460 e. The van der Waals surface area contributed by atoms with Crippen LogP contribution in [0, 0.1) is 0 Å². The van der Waals surface area contributed by atoms with Crippen LogP contribution in [0.3, 0.4) is 0 Å². The minimum absolute atomic E-state index is 0.203. The molecule has 1 saturated heterocycles. The second kappa shape index (κ2) is 3.87. The Hall–Kier alpha value is -0.610. The van der Waals surface area contributed by atoms with Crippen molar-refractivity contribution in [1.29, 1.82) is 0 Å². The lowest BCUT2D eigenvalue weighted by molar-refractivity contribution is -0.205. The van der Waals surface area contributed by atoms with Crippen molar-refractivity contribution >= 4 is 5.97 Å². The number of carbonyl (C=O) groups is 1. The predicted octanol–water partition coefficient (Wildman–Crippen LogP) is 0.435. The number of carbonyl (C=O) groups excluding carboxylic acids is 1. The summed E-state index contributed by atoms with van der Waals surface area (Å²) in [4.78, 5) is 10.6. The fourth-order valence-electron chi connectivity index (χ4n) is 1.31. The molecule has 0 bridgehead atoms. The Bertz CT molecular complexity index is 168. The summed E-state index contributed by atoms with van der Waals surface area (Å²) >= 11 is 0. The molecule has 1 rings (SSSR count). The average molecular weight is 174 g/mol. The largest absolute Gasteiger partial charge is 0.460 e. The summed E-state index contributed by atoms with van der Waals surface area (Å²) in [5.41, 5.74) is 0. The van der Waals surface area contributed by atoms with E-state index >= 15 is 0 Å². The zero-order chi connectivity index (χ0) is 9.14. The van der Waals surface area contributed by atoms with Crippen LogP contribution in [0.4, 0.5) is 0 Å². The zero-order valence-electron chi connectivity index (χ0n) is 7.32. The first-order valence-corrected chi connectivity index (χ1v) is 4.10. The van der Waals surface area contributed by atoms with Crippen molar-refractivity contribution in [3.8, 4) is 0 Å². The third kappa shape index (κ3) is 2.46. The maximum absolute atomic E-state index is 10.6. The monoisotopic (exact) mass is 174 g/mol. The van der Waals surface area contributed by atoms with Crippen LogP contribution in [0.5, 0.6) is 0 Å². The number of ether oxygens (including phenoxy) is 2. The molecule has 0 aromatic carbocycles. The van der Waals surface area contributed by atoms with E-state index in [1.54, 1.807) is 6.92 Å². The van der Waals surface area contributed by atoms with E-state index in [1.807, 2.05) is 0 Å². The van der Waals surface area contributed by atoms with Gasteiger partial charge in [-0.3, -0.25) is 4.79 Å². The van der Waals surface area contributed by atoms with Crippen molar-refractivity contribution in [2.75, 3.05) is 0 Å². The lowest BCUT2D eigenvalue weighted by Gasteiger charge is -2.31. The SMILES string of the molecule is CC(=O)O[C@@H]1CC[C@@H](O)O[C@H]1C. The molecule has 3 atom stereocenters. The number of hydrogen-bond donors (Lipinski definition) is 1. The van der Waals surface area contributed by atoms with Crippen LogP contribution >= 0.6 is 0 Å². The van der Waals surface area contributed by atoms with Crippen LogP contribution in [0.2, 0.25) is 0 Å². The molecule has 0 aromatic rings. The van der Waals surface area contributed by atoms with Gasteiger partial charge in [-0.1, -0.05) is 0 Å². The van der Waals surface area contributed by atoms with Crippen molar-refractivity contribution in [2.24, 2.45) is 0 Å². The Balaban J connectivity index is 2.39. The molecule has 1 heterocycles. The molecular weight excluding hydrogens is 160 g/mol. The highest BCUT2D eigenvalue weighted by molar-refractivity contribution is 5.66. The Labute approximate surface area is 71.5 Å². The summed E-state index contributed by atoms with van der Waals surface area (Å²) in [7, 11) is 0. The zero-order valence-corrected chi connectivity index (χ0v) is 7.32. The van der Waals surface area contributed by atoms with Gasteiger partial charge in [-0.15, -0.1) is 0 Å². The smallest absolute Gasteiger partial charge is 0.302 e. The molecule has 1 N–H and O–H groups in total. The lowest BCUT2D eigenvalue weighted by atomic mass is 10.1. The van der Waals surface area contributed by atoms with Crippen LogP contribution < -0.4 is 0 Å². The Kier molecular flexibility index (Phi) is 3.05. The van der Waals surface area contributed by atoms with E-state index in [1.165, 1.54) is 6.92 Å². The number of aliphatic hydroxyl groups is 1. The van der Waals surface area contributed by atoms with E-state index in [0.717, 1.165) is 0 Å². The summed E-state index contributed by atoms with van der Waals surface area (Å²) in [6.45, 7) is 3.16. The van der Waals surface area contributed by atoms with Crippen molar-refractivity contribution in [1.82, 2.24) is 0 Å². The summed E-state index contributed by atoms with van der Waals surface area (Å²) in [5.74, 6) is -0.299. The first-order chi connectivity index (χ1) is 5.59. The first kappa shape index (κ1) is 9.48. The van der Waals surface area contributed by atoms with Crippen molar-refractivity contribution in [3.05, 3.63) is 0 Å². The van der Waals surface area contributed by atoms with Gasteiger partial charge in [0.25, 0.3) is 0 Å². The molecule has 1 fully saturated rings. The highest BCUT2D eigenvalue weighted by atomic mass is 16.6.